The van der Waals surface area contributed by atoms with Gasteiger partial charge in [-0.15, -0.1) is 0 Å². The Labute approximate surface area is 144 Å². The highest BCUT2D eigenvalue weighted by Gasteiger charge is 2.10. The molecule has 0 saturated carbocycles. The second kappa shape index (κ2) is 8.92. The Morgan fingerprint density at radius 1 is 1.08 bits per heavy atom. The van der Waals surface area contributed by atoms with Gasteiger partial charge in [-0.3, -0.25) is 4.79 Å². The number of nitrogens with one attached hydrogen (secondary N) is 1. The van der Waals surface area contributed by atoms with Crippen LogP contribution in [0, 0.1) is 0 Å². The standard InChI is InChI=1S/C21H25NO2/c1-4-20(18-8-6-5-7-9-18)22-21(23)15-12-17-10-13-19(14-11-17)24-16(2)3/h5-16,20H,4H2,1-3H3,(H,22,23)/b15-12+/t20-/m0/s1. The van der Waals surface area contributed by atoms with E-state index in [9.17, 15) is 4.79 Å². The lowest BCUT2D eigenvalue weighted by molar-refractivity contribution is -0.117. The van der Waals surface area contributed by atoms with E-state index in [0.717, 1.165) is 23.3 Å². The Balaban J connectivity index is 1.94. The van der Waals surface area contributed by atoms with Crippen molar-refractivity contribution in [2.75, 3.05) is 0 Å². The van der Waals surface area contributed by atoms with E-state index in [-0.39, 0.29) is 18.1 Å². The summed E-state index contributed by atoms with van der Waals surface area (Å²) in [6.45, 7) is 6.05. The third kappa shape index (κ3) is 5.58. The molecule has 0 aromatic heterocycles. The molecule has 3 nitrogen and oxygen atoms in total. The van der Waals surface area contributed by atoms with E-state index in [1.807, 2.05) is 74.5 Å². The molecule has 1 amide bonds. The highest BCUT2D eigenvalue weighted by Crippen LogP contribution is 2.17. The molecule has 24 heavy (non-hydrogen) atoms. The number of carbonyl (C=O) groups is 1. The number of rotatable bonds is 7. The first-order chi connectivity index (χ1) is 11.6. The number of ether oxygens (including phenoxy) is 1. The molecule has 0 aliphatic rings. The van der Waals surface area contributed by atoms with E-state index in [1.54, 1.807) is 6.08 Å². The summed E-state index contributed by atoms with van der Waals surface area (Å²) in [4.78, 5) is 12.1. The van der Waals surface area contributed by atoms with Crippen LogP contribution in [0.25, 0.3) is 6.08 Å². The van der Waals surface area contributed by atoms with Gasteiger partial charge in [-0.05, 0) is 49.6 Å². The average molecular weight is 323 g/mol. The molecule has 0 radical (unpaired) electrons. The van der Waals surface area contributed by atoms with E-state index in [1.165, 1.54) is 0 Å². The molecule has 0 spiro atoms. The Bertz CT molecular complexity index is 660. The maximum absolute atomic E-state index is 12.1. The number of amides is 1. The van der Waals surface area contributed by atoms with E-state index in [0.29, 0.717) is 0 Å². The summed E-state index contributed by atoms with van der Waals surface area (Å²) >= 11 is 0. The number of carbonyl (C=O) groups excluding carboxylic acids is 1. The molecule has 0 aliphatic carbocycles. The monoisotopic (exact) mass is 323 g/mol. The Morgan fingerprint density at radius 3 is 2.33 bits per heavy atom. The maximum atomic E-state index is 12.1. The van der Waals surface area contributed by atoms with E-state index in [2.05, 4.69) is 12.2 Å². The van der Waals surface area contributed by atoms with Crippen LogP contribution in [0.4, 0.5) is 0 Å². The second-order valence-electron chi connectivity index (χ2n) is 5.95. The van der Waals surface area contributed by atoms with Gasteiger partial charge in [-0.1, -0.05) is 49.4 Å². The molecule has 126 valence electrons. The Morgan fingerprint density at radius 2 is 1.75 bits per heavy atom. The van der Waals surface area contributed by atoms with Crippen LogP contribution < -0.4 is 10.1 Å². The molecule has 3 heteroatoms. The molecule has 0 fully saturated rings. The van der Waals surface area contributed by atoms with Gasteiger partial charge in [-0.2, -0.15) is 0 Å². The van der Waals surface area contributed by atoms with Crippen LogP contribution in [-0.2, 0) is 4.79 Å². The molecule has 0 aliphatic heterocycles. The van der Waals surface area contributed by atoms with Crippen molar-refractivity contribution in [3.8, 4) is 5.75 Å². The first-order valence-electron chi connectivity index (χ1n) is 8.38. The summed E-state index contributed by atoms with van der Waals surface area (Å²) in [7, 11) is 0. The van der Waals surface area contributed by atoms with Crippen molar-refractivity contribution in [2.45, 2.75) is 39.3 Å². The normalized spacial score (nSPS) is 12.3. The molecular weight excluding hydrogens is 298 g/mol. The van der Waals surface area contributed by atoms with Crippen LogP contribution >= 0.6 is 0 Å². The average Bonchev–Trinajstić information content (AvgIpc) is 2.59. The molecule has 0 saturated heterocycles. The summed E-state index contributed by atoms with van der Waals surface area (Å²) in [5.74, 6) is 0.745. The van der Waals surface area contributed by atoms with Crippen LogP contribution in [0.3, 0.4) is 0 Å². The Hall–Kier alpha value is -2.55. The van der Waals surface area contributed by atoms with Crippen molar-refractivity contribution >= 4 is 12.0 Å². The van der Waals surface area contributed by atoms with Crippen molar-refractivity contribution in [3.63, 3.8) is 0 Å². The Kier molecular flexibility index (Phi) is 6.62. The van der Waals surface area contributed by atoms with Gasteiger partial charge in [0.2, 0.25) is 5.91 Å². The second-order valence-corrected chi connectivity index (χ2v) is 5.95. The number of hydrogen-bond acceptors (Lipinski definition) is 2. The number of benzene rings is 2. The van der Waals surface area contributed by atoms with Gasteiger partial charge in [-0.25, -0.2) is 0 Å². The van der Waals surface area contributed by atoms with Gasteiger partial charge < -0.3 is 10.1 Å². The fourth-order valence-corrected chi connectivity index (χ4v) is 2.43. The molecule has 2 aromatic carbocycles. The van der Waals surface area contributed by atoms with Crippen LogP contribution in [0.15, 0.2) is 60.7 Å². The lowest BCUT2D eigenvalue weighted by Gasteiger charge is -2.16. The minimum Gasteiger partial charge on any atom is -0.491 e. The topological polar surface area (TPSA) is 38.3 Å². The van der Waals surface area contributed by atoms with E-state index in [4.69, 9.17) is 4.74 Å². The molecule has 2 aromatic rings. The summed E-state index contributed by atoms with van der Waals surface area (Å²) in [5.41, 5.74) is 2.09. The molecule has 1 N–H and O–H groups in total. The maximum Gasteiger partial charge on any atom is 0.244 e. The lowest BCUT2D eigenvalue weighted by Crippen LogP contribution is -2.26. The van der Waals surface area contributed by atoms with Crippen molar-refractivity contribution in [1.82, 2.24) is 5.32 Å². The SMILES string of the molecule is CC[C@H](NC(=O)/C=C/c1ccc(OC(C)C)cc1)c1ccccc1. The fraction of sp³-hybridized carbons (Fsp3) is 0.286. The van der Waals surface area contributed by atoms with Gasteiger partial charge in [0.1, 0.15) is 5.75 Å². The first-order valence-corrected chi connectivity index (χ1v) is 8.38. The predicted molar refractivity (Wildman–Crippen MR) is 98.9 cm³/mol. The van der Waals surface area contributed by atoms with Crippen molar-refractivity contribution in [2.24, 2.45) is 0 Å². The minimum atomic E-state index is -0.0896. The summed E-state index contributed by atoms with van der Waals surface area (Å²) in [6, 6.07) is 17.8. The smallest absolute Gasteiger partial charge is 0.244 e. The summed E-state index contributed by atoms with van der Waals surface area (Å²) in [6.07, 6.45) is 4.39. The first kappa shape index (κ1) is 17.8. The zero-order chi connectivity index (χ0) is 17.4. The third-order valence-corrected chi connectivity index (χ3v) is 3.61. The molecular formula is C21H25NO2. The van der Waals surface area contributed by atoms with Crippen LogP contribution in [0.1, 0.15) is 44.4 Å². The van der Waals surface area contributed by atoms with Crippen molar-refractivity contribution in [1.29, 1.82) is 0 Å². The predicted octanol–water partition coefficient (Wildman–Crippen LogP) is 4.75. The van der Waals surface area contributed by atoms with E-state index >= 15 is 0 Å². The van der Waals surface area contributed by atoms with Gasteiger partial charge in [0, 0.05) is 6.08 Å². The molecule has 0 bridgehead atoms. The largest absolute Gasteiger partial charge is 0.491 e. The zero-order valence-electron chi connectivity index (χ0n) is 14.5. The van der Waals surface area contributed by atoms with Crippen LogP contribution in [-0.4, -0.2) is 12.0 Å². The quantitative estimate of drug-likeness (QED) is 0.746. The van der Waals surface area contributed by atoms with Crippen LogP contribution in [0.2, 0.25) is 0 Å². The third-order valence-electron chi connectivity index (χ3n) is 3.61. The fourth-order valence-electron chi connectivity index (χ4n) is 2.43. The minimum absolute atomic E-state index is 0.0326. The van der Waals surface area contributed by atoms with Gasteiger partial charge in [0.05, 0.1) is 12.1 Å². The van der Waals surface area contributed by atoms with Gasteiger partial charge in [0.15, 0.2) is 0 Å². The van der Waals surface area contributed by atoms with Gasteiger partial charge >= 0.3 is 0 Å². The molecule has 0 unspecified atom stereocenters. The molecule has 0 heterocycles. The molecule has 2 rings (SSSR count). The summed E-state index contributed by atoms with van der Waals surface area (Å²) < 4.78 is 5.61. The van der Waals surface area contributed by atoms with Gasteiger partial charge in [0.25, 0.3) is 0 Å². The van der Waals surface area contributed by atoms with Crippen molar-refractivity contribution in [3.05, 3.63) is 71.8 Å². The highest BCUT2D eigenvalue weighted by molar-refractivity contribution is 5.92. The lowest BCUT2D eigenvalue weighted by atomic mass is 10.0. The molecule has 1 atom stereocenters. The number of hydrogen-bond donors (Lipinski definition) is 1. The highest BCUT2D eigenvalue weighted by atomic mass is 16.5. The summed E-state index contributed by atoms with van der Waals surface area (Å²) in [5, 5.41) is 3.04. The van der Waals surface area contributed by atoms with Crippen LogP contribution in [0.5, 0.6) is 5.75 Å². The van der Waals surface area contributed by atoms with E-state index < -0.39 is 0 Å². The zero-order valence-corrected chi connectivity index (χ0v) is 14.5. The van der Waals surface area contributed by atoms with Crippen molar-refractivity contribution < 1.29 is 9.53 Å².